The monoisotopic (exact) mass is 973 g/mol. The first kappa shape index (κ1) is 52.2. The summed E-state index contributed by atoms with van der Waals surface area (Å²) in [7, 11) is 0. The van der Waals surface area contributed by atoms with Crippen molar-refractivity contribution in [2.24, 2.45) is 29.6 Å². The average Bonchev–Trinajstić information content (AvgIpc) is 4.21. The number of rotatable bonds is 10. The molecule has 0 spiro atoms. The van der Waals surface area contributed by atoms with Gasteiger partial charge in [-0.15, -0.1) is 22.7 Å². The Morgan fingerprint density at radius 3 is 1.54 bits per heavy atom. The normalized spacial score (nSPS) is 11.1. The molecule has 0 aliphatic rings. The van der Waals surface area contributed by atoms with Crippen LogP contribution in [-0.2, 0) is 0 Å². The highest BCUT2D eigenvalue weighted by molar-refractivity contribution is 7.21. The number of aromatic nitrogens is 3. The molecule has 10 nitrogen and oxygen atoms in total. The molecule has 0 radical (unpaired) electrons. The van der Waals surface area contributed by atoms with Gasteiger partial charge in [0.15, 0.2) is 33.7 Å². The van der Waals surface area contributed by atoms with E-state index in [1.54, 1.807) is 23.5 Å². The number of thiazole rings is 1. The molecule has 10 aromatic rings. The zero-order valence-corrected chi connectivity index (χ0v) is 42.9. The number of nitrogens with one attached hydrogen (secondary N) is 1. The van der Waals surface area contributed by atoms with Crippen molar-refractivity contribution in [3.8, 4) is 0 Å². The lowest BCUT2D eigenvalue weighted by molar-refractivity contribution is 0.0902. The molecule has 0 aliphatic heterocycles. The van der Waals surface area contributed by atoms with E-state index in [0.717, 1.165) is 42.5 Å². The Labute approximate surface area is 416 Å². The number of thiophene rings is 1. The summed E-state index contributed by atoms with van der Waals surface area (Å²) in [4.78, 5) is 70.7. The lowest BCUT2D eigenvalue weighted by atomic mass is 10.1. The Balaban J connectivity index is 0.000000143. The third-order valence-electron chi connectivity index (χ3n) is 10.8. The van der Waals surface area contributed by atoms with E-state index in [-0.39, 0.29) is 64.4 Å². The summed E-state index contributed by atoms with van der Waals surface area (Å²) in [6.45, 7) is 18.9. The first-order valence-electron chi connectivity index (χ1n) is 23.4. The standard InChI is InChI=1S/C12H13NO.C12H12O2.C12H12OS.C11H11NO2.C11H11NOS/c1-8(2)12(14)11-7-9-5-3-4-6-10(9)13-11;2*1-8(2)12(13)11-7-9-5-3-4-6-10(9)14-11;2*1-7(2)10(13)11-12-8-5-3-4-6-9(8)14-11/h3-8,13H,1-2H3;2*3-8H,1-2H3;2*3-7H,1-2H3. The van der Waals surface area contributed by atoms with E-state index < -0.39 is 0 Å². The zero-order chi connectivity index (χ0) is 50.6. The van der Waals surface area contributed by atoms with Crippen LogP contribution >= 0.6 is 22.7 Å². The fourth-order valence-electron chi connectivity index (χ4n) is 6.74. The predicted molar refractivity (Wildman–Crippen MR) is 286 cm³/mol. The Morgan fingerprint density at radius 1 is 0.443 bits per heavy atom. The van der Waals surface area contributed by atoms with Crippen molar-refractivity contribution in [2.75, 3.05) is 0 Å². The molecule has 0 fully saturated rings. The fraction of sp³-hybridized carbons (Fsp3) is 0.259. The van der Waals surface area contributed by atoms with Crippen molar-refractivity contribution in [3.63, 3.8) is 0 Å². The number of hydrogen-bond acceptors (Lipinski definition) is 11. The van der Waals surface area contributed by atoms with Gasteiger partial charge in [-0.25, -0.2) is 9.97 Å². The second kappa shape index (κ2) is 23.9. The molecule has 0 amide bonds. The Kier molecular flexibility index (Phi) is 17.8. The maximum atomic E-state index is 11.7. The molecule has 5 aromatic carbocycles. The lowest BCUT2D eigenvalue weighted by Gasteiger charge is -1.99. The molecular formula is C58H59N3O7S2. The number of benzene rings is 5. The second-order valence-corrected chi connectivity index (χ2v) is 20.2. The fourth-order valence-corrected chi connectivity index (χ4v) is 8.95. The molecule has 5 aromatic heterocycles. The van der Waals surface area contributed by atoms with Gasteiger partial charge in [0.1, 0.15) is 11.1 Å². The minimum Gasteiger partial charge on any atom is -0.453 e. The van der Waals surface area contributed by atoms with Crippen LogP contribution in [0.5, 0.6) is 0 Å². The van der Waals surface area contributed by atoms with Gasteiger partial charge in [-0.3, -0.25) is 24.0 Å². The van der Waals surface area contributed by atoms with Crippen molar-refractivity contribution >= 4 is 105 Å². The van der Waals surface area contributed by atoms with E-state index >= 15 is 0 Å². The van der Waals surface area contributed by atoms with Crippen molar-refractivity contribution in [1.82, 2.24) is 15.0 Å². The van der Waals surface area contributed by atoms with Gasteiger partial charge >= 0.3 is 0 Å². The number of H-pyrrole nitrogens is 1. The smallest absolute Gasteiger partial charge is 0.264 e. The van der Waals surface area contributed by atoms with Crippen LogP contribution in [0.3, 0.4) is 0 Å². The van der Waals surface area contributed by atoms with Gasteiger partial charge in [0.25, 0.3) is 5.89 Å². The number of carbonyl (C=O) groups is 5. The van der Waals surface area contributed by atoms with Gasteiger partial charge in [0, 0.05) is 50.6 Å². The van der Waals surface area contributed by atoms with E-state index in [0.29, 0.717) is 22.0 Å². The SMILES string of the molecule is CC(C)C(=O)c1cc2ccccc2[nH]1.CC(C)C(=O)c1cc2ccccc2o1.CC(C)C(=O)c1cc2ccccc2s1.CC(C)C(=O)c1nc2ccccc2o1.CC(C)C(=O)c1nc2ccccc2s1. The third kappa shape index (κ3) is 13.3. The first-order chi connectivity index (χ1) is 33.4. The summed E-state index contributed by atoms with van der Waals surface area (Å²) in [5, 5.41) is 3.87. The van der Waals surface area contributed by atoms with Gasteiger partial charge in [-0.05, 0) is 66.0 Å². The van der Waals surface area contributed by atoms with E-state index in [1.807, 2.05) is 191 Å². The third-order valence-corrected chi connectivity index (χ3v) is 12.9. The van der Waals surface area contributed by atoms with Crippen molar-refractivity contribution < 1.29 is 32.8 Å². The molecule has 5 heterocycles. The van der Waals surface area contributed by atoms with Crippen LogP contribution in [0.25, 0.3) is 53.3 Å². The largest absolute Gasteiger partial charge is 0.453 e. The molecule has 0 aliphatic carbocycles. The minimum atomic E-state index is -0.0805. The van der Waals surface area contributed by atoms with Crippen LogP contribution in [-0.4, -0.2) is 43.9 Å². The number of oxazole rings is 1. The summed E-state index contributed by atoms with van der Waals surface area (Å²) in [5.41, 5.74) is 4.82. The molecule has 70 heavy (non-hydrogen) atoms. The number of ketones is 5. The van der Waals surface area contributed by atoms with Crippen LogP contribution < -0.4 is 0 Å². The van der Waals surface area contributed by atoms with Crippen molar-refractivity contribution in [2.45, 2.75) is 69.2 Å². The molecule has 1 N–H and O–H groups in total. The highest BCUT2D eigenvalue weighted by Crippen LogP contribution is 2.28. The number of furan rings is 1. The summed E-state index contributed by atoms with van der Waals surface area (Å²) < 4.78 is 13.0. The minimum absolute atomic E-state index is 0.0180. The summed E-state index contributed by atoms with van der Waals surface area (Å²) in [5.74, 6) is 1.27. The van der Waals surface area contributed by atoms with Gasteiger partial charge in [0.05, 0.1) is 20.8 Å². The molecular weight excluding hydrogens is 915 g/mol. The molecule has 12 heteroatoms. The van der Waals surface area contributed by atoms with E-state index in [4.69, 9.17) is 8.83 Å². The molecule has 0 saturated heterocycles. The topological polar surface area (TPSA) is 153 Å². The van der Waals surface area contributed by atoms with Crippen LogP contribution in [0, 0.1) is 29.6 Å². The molecule has 0 unspecified atom stereocenters. The number of hydrogen-bond donors (Lipinski definition) is 1. The Bertz CT molecular complexity index is 2710. The number of Topliss-reactive ketones (excluding diaryl/α,β-unsaturated/α-hetero) is 5. The second-order valence-electron chi connectivity index (χ2n) is 18.1. The summed E-state index contributed by atoms with van der Waals surface area (Å²) in [6, 6.07) is 44.5. The number of para-hydroxylation sites is 5. The highest BCUT2D eigenvalue weighted by atomic mass is 32.1. The molecule has 0 saturated carbocycles. The maximum Gasteiger partial charge on any atom is 0.264 e. The van der Waals surface area contributed by atoms with Gasteiger partial charge in [0.2, 0.25) is 11.6 Å². The van der Waals surface area contributed by atoms with Crippen molar-refractivity contribution in [1.29, 1.82) is 0 Å². The van der Waals surface area contributed by atoms with Crippen LogP contribution in [0.15, 0.2) is 148 Å². The predicted octanol–water partition coefficient (Wildman–Crippen LogP) is 15.8. The van der Waals surface area contributed by atoms with Crippen molar-refractivity contribution in [3.05, 3.63) is 167 Å². The van der Waals surface area contributed by atoms with Crippen LogP contribution in [0.2, 0.25) is 0 Å². The van der Waals surface area contributed by atoms with E-state index in [1.165, 1.54) is 21.4 Å². The van der Waals surface area contributed by atoms with Crippen LogP contribution in [0.1, 0.15) is 120 Å². The summed E-state index contributed by atoms with van der Waals surface area (Å²) in [6.07, 6.45) is 0. The van der Waals surface area contributed by atoms with Gasteiger partial charge in [-0.1, -0.05) is 148 Å². The van der Waals surface area contributed by atoms with E-state index in [9.17, 15) is 24.0 Å². The summed E-state index contributed by atoms with van der Waals surface area (Å²) >= 11 is 3.06. The molecule has 360 valence electrons. The lowest BCUT2D eigenvalue weighted by Crippen LogP contribution is -2.07. The molecule has 0 bridgehead atoms. The van der Waals surface area contributed by atoms with Gasteiger partial charge < -0.3 is 13.8 Å². The van der Waals surface area contributed by atoms with Crippen LogP contribution in [0.4, 0.5) is 0 Å². The van der Waals surface area contributed by atoms with Gasteiger partial charge in [-0.2, -0.15) is 0 Å². The number of carbonyl (C=O) groups excluding carboxylic acids is 5. The zero-order valence-electron chi connectivity index (χ0n) is 41.2. The molecule has 0 atom stereocenters. The van der Waals surface area contributed by atoms with E-state index in [2.05, 4.69) is 21.0 Å². The number of nitrogens with zero attached hydrogens (tertiary/aromatic N) is 2. The molecule has 10 rings (SSSR count). The first-order valence-corrected chi connectivity index (χ1v) is 25.0. The number of aromatic amines is 1. The maximum absolute atomic E-state index is 11.7. The average molecular weight is 974 g/mol. The highest BCUT2D eigenvalue weighted by Gasteiger charge is 2.19. The quantitative estimate of drug-likeness (QED) is 0.132. The Hall–Kier alpha value is -7.15. The Morgan fingerprint density at radius 2 is 0.971 bits per heavy atom. The number of fused-ring (bicyclic) bond motifs is 5.